The zero-order valence-electron chi connectivity index (χ0n) is 20.3. The normalized spacial score (nSPS) is 13.7. The van der Waals surface area contributed by atoms with E-state index in [0.717, 1.165) is 25.7 Å². The van der Waals surface area contributed by atoms with Gasteiger partial charge in [-0.15, -0.1) is 0 Å². The summed E-state index contributed by atoms with van der Waals surface area (Å²) >= 11 is 0. The predicted octanol–water partition coefficient (Wildman–Crippen LogP) is 0.400. The number of hydrogen-bond donors (Lipinski definition) is 6. The van der Waals surface area contributed by atoms with Crippen LogP contribution in [0.25, 0.3) is 0 Å². The molecule has 202 valence electrons. The fraction of sp³-hybridized carbons (Fsp3) is 0.708. The van der Waals surface area contributed by atoms with Crippen LogP contribution < -0.4 is 14.2 Å². The second-order valence-corrected chi connectivity index (χ2v) is 8.15. The van der Waals surface area contributed by atoms with Gasteiger partial charge in [-0.25, -0.2) is 4.79 Å². The molecule has 1 aromatic rings. The zero-order chi connectivity index (χ0) is 26.1. The molecular formula is C24H40O11. The maximum absolute atomic E-state index is 12.7. The third-order valence-electron chi connectivity index (χ3n) is 4.90. The van der Waals surface area contributed by atoms with Crippen LogP contribution in [0.1, 0.15) is 55.8 Å². The Bertz CT molecular complexity index is 678. The molecule has 0 spiro atoms. The molecule has 11 heteroatoms. The summed E-state index contributed by atoms with van der Waals surface area (Å²) in [5, 5.41) is 56.2. The largest absolute Gasteiger partial charge is 0.487 e. The van der Waals surface area contributed by atoms with Crippen LogP contribution >= 0.6 is 0 Å². The van der Waals surface area contributed by atoms with Crippen molar-refractivity contribution in [2.24, 2.45) is 0 Å². The quantitative estimate of drug-likeness (QED) is 0.107. The van der Waals surface area contributed by atoms with Crippen LogP contribution in [0, 0.1) is 0 Å². The number of benzene rings is 1. The lowest BCUT2D eigenvalue weighted by molar-refractivity contribution is 0.0388. The van der Waals surface area contributed by atoms with Gasteiger partial charge in [0.25, 0.3) is 0 Å². The second kappa shape index (κ2) is 18.2. The molecular weight excluding hydrogens is 464 g/mol. The van der Waals surface area contributed by atoms with E-state index in [4.69, 9.17) is 34.3 Å². The van der Waals surface area contributed by atoms with Gasteiger partial charge in [-0.2, -0.15) is 0 Å². The lowest BCUT2D eigenvalue weighted by Gasteiger charge is -2.20. The standard InChI is InChI=1S/C24H40O11/c1-2-3-4-5-6-7-8-32-24(31)17-9-21(33-14-18(28)11-25)23(35-16-20(30)13-27)22(10-17)34-15-19(29)12-26/h9-10,18-20,25-30H,2-8,11-16H2,1H3. The summed E-state index contributed by atoms with van der Waals surface area (Å²) in [6.45, 7) is -0.369. The molecule has 0 aliphatic heterocycles. The lowest BCUT2D eigenvalue weighted by atomic mass is 10.1. The van der Waals surface area contributed by atoms with E-state index in [0.29, 0.717) is 6.42 Å². The van der Waals surface area contributed by atoms with Crippen molar-refractivity contribution >= 4 is 5.97 Å². The Morgan fingerprint density at radius 3 is 1.69 bits per heavy atom. The molecule has 0 aliphatic carbocycles. The van der Waals surface area contributed by atoms with Crippen molar-refractivity contribution in [1.82, 2.24) is 0 Å². The topological polar surface area (TPSA) is 175 Å². The van der Waals surface area contributed by atoms with Gasteiger partial charge in [-0.05, 0) is 18.6 Å². The highest BCUT2D eigenvalue weighted by molar-refractivity contribution is 5.91. The molecule has 6 N–H and O–H groups in total. The zero-order valence-corrected chi connectivity index (χ0v) is 20.3. The average molecular weight is 505 g/mol. The first kappa shape index (κ1) is 30.9. The summed E-state index contributed by atoms with van der Waals surface area (Å²) in [4.78, 5) is 12.7. The molecule has 3 unspecified atom stereocenters. The Balaban J connectivity index is 3.08. The van der Waals surface area contributed by atoms with Crippen LogP contribution in [0.5, 0.6) is 17.2 Å². The predicted molar refractivity (Wildman–Crippen MR) is 126 cm³/mol. The molecule has 0 saturated carbocycles. The first-order valence-corrected chi connectivity index (χ1v) is 12.0. The van der Waals surface area contributed by atoms with Crippen LogP contribution in [0.4, 0.5) is 0 Å². The second-order valence-electron chi connectivity index (χ2n) is 8.15. The van der Waals surface area contributed by atoms with Crippen molar-refractivity contribution in [3.63, 3.8) is 0 Å². The Morgan fingerprint density at radius 2 is 1.20 bits per heavy atom. The van der Waals surface area contributed by atoms with Crippen LogP contribution in [0.3, 0.4) is 0 Å². The number of unbranched alkanes of at least 4 members (excludes halogenated alkanes) is 5. The summed E-state index contributed by atoms with van der Waals surface area (Å²) in [5.41, 5.74) is 0.0491. The van der Waals surface area contributed by atoms with E-state index in [1.807, 2.05) is 0 Å². The smallest absolute Gasteiger partial charge is 0.338 e. The van der Waals surface area contributed by atoms with Gasteiger partial charge in [0.15, 0.2) is 11.5 Å². The van der Waals surface area contributed by atoms with Gasteiger partial charge >= 0.3 is 5.97 Å². The fourth-order valence-electron chi connectivity index (χ4n) is 2.89. The molecule has 3 atom stereocenters. The number of ether oxygens (including phenoxy) is 4. The van der Waals surface area contributed by atoms with Crippen molar-refractivity contribution < 1.29 is 54.4 Å². The minimum Gasteiger partial charge on any atom is -0.487 e. The fourth-order valence-corrected chi connectivity index (χ4v) is 2.89. The van der Waals surface area contributed by atoms with Crippen molar-refractivity contribution in [3.05, 3.63) is 17.7 Å². The summed E-state index contributed by atoms with van der Waals surface area (Å²) in [5.74, 6) is -0.823. The molecule has 1 aromatic carbocycles. The molecule has 0 aliphatic rings. The molecule has 35 heavy (non-hydrogen) atoms. The number of aliphatic hydroxyl groups excluding tert-OH is 6. The SMILES string of the molecule is CCCCCCCCOC(=O)c1cc(OCC(O)CO)c(OCC(O)CO)c(OCC(O)CO)c1. The molecule has 11 nitrogen and oxygen atoms in total. The minimum atomic E-state index is -1.22. The lowest BCUT2D eigenvalue weighted by Crippen LogP contribution is -2.25. The van der Waals surface area contributed by atoms with E-state index in [9.17, 15) is 20.1 Å². The molecule has 0 fully saturated rings. The maximum Gasteiger partial charge on any atom is 0.338 e. The molecule has 0 heterocycles. The Hall–Kier alpha value is -2.15. The van der Waals surface area contributed by atoms with Gasteiger partial charge in [-0.1, -0.05) is 39.0 Å². The number of carbonyl (C=O) groups is 1. The van der Waals surface area contributed by atoms with E-state index < -0.39 is 44.1 Å². The third-order valence-corrected chi connectivity index (χ3v) is 4.90. The number of esters is 1. The van der Waals surface area contributed by atoms with Gasteiger partial charge in [0.05, 0.1) is 32.0 Å². The Kier molecular flexibility index (Phi) is 16.0. The molecule has 0 amide bonds. The van der Waals surface area contributed by atoms with Crippen molar-refractivity contribution in [1.29, 1.82) is 0 Å². The van der Waals surface area contributed by atoms with Crippen LogP contribution in [-0.2, 0) is 4.74 Å². The first-order chi connectivity index (χ1) is 16.9. The van der Waals surface area contributed by atoms with Crippen molar-refractivity contribution in [2.45, 2.75) is 63.8 Å². The van der Waals surface area contributed by atoms with Crippen LogP contribution in [0.2, 0.25) is 0 Å². The Morgan fingerprint density at radius 1 is 0.743 bits per heavy atom. The summed E-state index contributed by atoms with van der Waals surface area (Å²) < 4.78 is 21.9. The third kappa shape index (κ3) is 12.4. The molecule has 0 saturated heterocycles. The van der Waals surface area contributed by atoms with Gasteiger partial charge in [0, 0.05) is 0 Å². The highest BCUT2D eigenvalue weighted by Crippen LogP contribution is 2.39. The molecule has 0 radical (unpaired) electrons. The molecule has 0 bridgehead atoms. The van der Waals surface area contributed by atoms with Crippen LogP contribution in [-0.4, -0.2) is 101 Å². The number of aliphatic hydroxyl groups is 6. The van der Waals surface area contributed by atoms with Gasteiger partial charge in [0.1, 0.15) is 38.1 Å². The Labute approximate surface area is 205 Å². The van der Waals surface area contributed by atoms with E-state index >= 15 is 0 Å². The number of hydrogen-bond acceptors (Lipinski definition) is 11. The molecule has 1 rings (SSSR count). The highest BCUT2D eigenvalue weighted by atomic mass is 16.6. The van der Waals surface area contributed by atoms with Crippen molar-refractivity contribution in [3.8, 4) is 17.2 Å². The van der Waals surface area contributed by atoms with Crippen LogP contribution in [0.15, 0.2) is 12.1 Å². The van der Waals surface area contributed by atoms with E-state index in [2.05, 4.69) is 6.92 Å². The monoisotopic (exact) mass is 504 g/mol. The van der Waals surface area contributed by atoms with Gasteiger partial charge in [-0.3, -0.25) is 0 Å². The highest BCUT2D eigenvalue weighted by Gasteiger charge is 2.22. The first-order valence-electron chi connectivity index (χ1n) is 12.0. The summed E-state index contributed by atoms with van der Waals surface area (Å²) in [7, 11) is 0. The van der Waals surface area contributed by atoms with Crippen molar-refractivity contribution in [2.75, 3.05) is 46.2 Å². The minimum absolute atomic E-state index is 0.0491. The van der Waals surface area contributed by atoms with Gasteiger partial charge in [0.2, 0.25) is 5.75 Å². The van der Waals surface area contributed by atoms with E-state index in [1.165, 1.54) is 18.6 Å². The summed E-state index contributed by atoms with van der Waals surface area (Å²) in [6, 6.07) is 2.62. The van der Waals surface area contributed by atoms with E-state index in [-0.39, 0.29) is 49.2 Å². The average Bonchev–Trinajstić information content (AvgIpc) is 2.87. The number of rotatable bonds is 20. The number of carbonyl (C=O) groups excluding carboxylic acids is 1. The van der Waals surface area contributed by atoms with E-state index in [1.54, 1.807) is 0 Å². The molecule has 0 aromatic heterocycles. The van der Waals surface area contributed by atoms with Gasteiger partial charge < -0.3 is 49.6 Å². The maximum atomic E-state index is 12.7. The summed E-state index contributed by atoms with van der Waals surface area (Å²) in [6.07, 6.45) is 2.53.